The number of nitrogens with one attached hydrogen (secondary N) is 2. The summed E-state index contributed by atoms with van der Waals surface area (Å²) in [5.41, 5.74) is 1.60. The second kappa shape index (κ2) is 7.19. The molecule has 3 rings (SSSR count). The van der Waals surface area contributed by atoms with E-state index in [9.17, 15) is 4.79 Å². The first-order valence-electron chi connectivity index (χ1n) is 7.82. The maximum atomic E-state index is 12.2. The van der Waals surface area contributed by atoms with Crippen molar-refractivity contribution in [2.45, 2.75) is 32.2 Å². The van der Waals surface area contributed by atoms with Gasteiger partial charge in [0.05, 0.1) is 6.04 Å². The molecule has 0 saturated carbocycles. The Balaban J connectivity index is 1.59. The first-order chi connectivity index (χ1) is 11.2. The Bertz CT molecular complexity index is 667. The first kappa shape index (κ1) is 15.4. The monoisotopic (exact) mass is 312 g/mol. The van der Waals surface area contributed by atoms with Crippen LogP contribution < -0.4 is 15.4 Å². The van der Waals surface area contributed by atoms with Crippen LogP contribution in [0, 0.1) is 6.92 Å². The second-order valence-electron chi connectivity index (χ2n) is 5.60. The Morgan fingerprint density at radius 1 is 1.26 bits per heavy atom. The lowest BCUT2D eigenvalue weighted by atomic mass is 10.0. The topological polar surface area (TPSA) is 76.1 Å². The maximum Gasteiger partial charge on any atom is 0.322 e. The molecule has 0 bridgehead atoms. The van der Waals surface area contributed by atoms with Crippen molar-refractivity contribution in [2.24, 2.45) is 0 Å². The summed E-state index contributed by atoms with van der Waals surface area (Å²) in [4.78, 5) is 20.4. The smallest absolute Gasteiger partial charge is 0.322 e. The number of piperidine rings is 1. The van der Waals surface area contributed by atoms with Crippen LogP contribution in [0.3, 0.4) is 0 Å². The molecule has 1 unspecified atom stereocenters. The molecule has 2 heterocycles. The fraction of sp³-hybridized carbons (Fsp3) is 0.353. The SMILES string of the molecule is Cc1ccnc(Oc2ccc(NC(=O)C3CCCCN3)cc2)n1. The van der Waals surface area contributed by atoms with Crippen molar-refractivity contribution in [3.63, 3.8) is 0 Å². The van der Waals surface area contributed by atoms with Crippen LogP contribution in [0.5, 0.6) is 11.8 Å². The minimum absolute atomic E-state index is 0.0142. The van der Waals surface area contributed by atoms with Crippen LogP contribution >= 0.6 is 0 Å². The number of anilines is 1. The van der Waals surface area contributed by atoms with E-state index in [0.29, 0.717) is 11.8 Å². The van der Waals surface area contributed by atoms with Gasteiger partial charge < -0.3 is 15.4 Å². The third kappa shape index (κ3) is 4.26. The highest BCUT2D eigenvalue weighted by molar-refractivity contribution is 5.94. The Hall–Kier alpha value is -2.47. The molecule has 2 N–H and O–H groups in total. The Kier molecular flexibility index (Phi) is 4.83. The molecule has 1 atom stereocenters. The summed E-state index contributed by atoms with van der Waals surface area (Å²) >= 11 is 0. The number of carbonyl (C=O) groups excluding carboxylic acids is 1. The number of amides is 1. The summed E-state index contributed by atoms with van der Waals surface area (Å²) in [6.07, 6.45) is 4.77. The zero-order chi connectivity index (χ0) is 16.1. The van der Waals surface area contributed by atoms with Gasteiger partial charge in [0.25, 0.3) is 0 Å². The molecule has 1 amide bonds. The summed E-state index contributed by atoms with van der Waals surface area (Å²) in [5.74, 6) is 0.643. The molecule has 1 fully saturated rings. The van der Waals surface area contributed by atoms with Gasteiger partial charge in [-0.1, -0.05) is 6.42 Å². The number of aromatic nitrogens is 2. The Labute approximate surface area is 135 Å². The van der Waals surface area contributed by atoms with E-state index >= 15 is 0 Å². The molecule has 6 heteroatoms. The van der Waals surface area contributed by atoms with Crippen molar-refractivity contribution in [1.82, 2.24) is 15.3 Å². The van der Waals surface area contributed by atoms with E-state index in [0.717, 1.165) is 37.2 Å². The van der Waals surface area contributed by atoms with Crippen molar-refractivity contribution in [2.75, 3.05) is 11.9 Å². The molecule has 1 aliphatic heterocycles. The summed E-state index contributed by atoms with van der Waals surface area (Å²) in [5, 5.41) is 6.16. The van der Waals surface area contributed by atoms with Crippen molar-refractivity contribution in [3.8, 4) is 11.8 Å². The maximum absolute atomic E-state index is 12.2. The van der Waals surface area contributed by atoms with Crippen LogP contribution in [-0.2, 0) is 4.79 Å². The minimum atomic E-state index is -0.0969. The molecule has 0 radical (unpaired) electrons. The zero-order valence-corrected chi connectivity index (χ0v) is 13.1. The summed E-state index contributed by atoms with van der Waals surface area (Å²) in [6.45, 7) is 2.79. The molecule has 23 heavy (non-hydrogen) atoms. The largest absolute Gasteiger partial charge is 0.424 e. The van der Waals surface area contributed by atoms with E-state index in [1.54, 1.807) is 18.3 Å². The fourth-order valence-corrected chi connectivity index (χ4v) is 2.49. The molecule has 1 aliphatic rings. The van der Waals surface area contributed by atoms with Crippen LogP contribution in [0.25, 0.3) is 0 Å². The number of carbonyl (C=O) groups is 1. The molecular formula is C17H20N4O2. The van der Waals surface area contributed by atoms with Gasteiger partial charge in [-0.25, -0.2) is 9.97 Å². The van der Waals surface area contributed by atoms with Gasteiger partial charge in [0, 0.05) is 17.6 Å². The number of rotatable bonds is 4. The molecule has 0 spiro atoms. The molecule has 1 aromatic carbocycles. The van der Waals surface area contributed by atoms with E-state index in [4.69, 9.17) is 4.74 Å². The van der Waals surface area contributed by atoms with Gasteiger partial charge in [-0.05, 0) is 56.6 Å². The van der Waals surface area contributed by atoms with E-state index < -0.39 is 0 Å². The number of ether oxygens (including phenoxy) is 1. The zero-order valence-electron chi connectivity index (χ0n) is 13.1. The van der Waals surface area contributed by atoms with Crippen molar-refractivity contribution < 1.29 is 9.53 Å². The molecule has 1 aromatic heterocycles. The van der Waals surface area contributed by atoms with Crippen LogP contribution in [0.1, 0.15) is 25.0 Å². The van der Waals surface area contributed by atoms with Crippen LogP contribution in [-0.4, -0.2) is 28.5 Å². The van der Waals surface area contributed by atoms with Crippen molar-refractivity contribution in [1.29, 1.82) is 0 Å². The van der Waals surface area contributed by atoms with Gasteiger partial charge in [-0.2, -0.15) is 0 Å². The lowest BCUT2D eigenvalue weighted by molar-refractivity contribution is -0.118. The lowest BCUT2D eigenvalue weighted by Gasteiger charge is -2.22. The fourth-order valence-electron chi connectivity index (χ4n) is 2.49. The Morgan fingerprint density at radius 3 is 2.78 bits per heavy atom. The van der Waals surface area contributed by atoms with Gasteiger partial charge >= 0.3 is 6.01 Å². The van der Waals surface area contributed by atoms with E-state index in [1.165, 1.54) is 0 Å². The number of hydrogen-bond acceptors (Lipinski definition) is 5. The normalized spacial score (nSPS) is 17.5. The highest BCUT2D eigenvalue weighted by Gasteiger charge is 2.20. The predicted octanol–water partition coefficient (Wildman–Crippen LogP) is 2.66. The average Bonchev–Trinajstić information content (AvgIpc) is 2.57. The molecule has 1 saturated heterocycles. The van der Waals surface area contributed by atoms with E-state index in [-0.39, 0.29) is 11.9 Å². The number of benzene rings is 1. The van der Waals surface area contributed by atoms with Gasteiger partial charge in [0.1, 0.15) is 5.75 Å². The van der Waals surface area contributed by atoms with E-state index in [1.807, 2.05) is 25.1 Å². The van der Waals surface area contributed by atoms with Gasteiger partial charge in [0.2, 0.25) is 5.91 Å². The Morgan fingerprint density at radius 2 is 2.09 bits per heavy atom. The molecule has 0 aliphatic carbocycles. The highest BCUT2D eigenvalue weighted by Crippen LogP contribution is 2.20. The van der Waals surface area contributed by atoms with Gasteiger partial charge in [0.15, 0.2) is 0 Å². The van der Waals surface area contributed by atoms with Crippen LogP contribution in [0.2, 0.25) is 0 Å². The standard InChI is InChI=1S/C17H20N4O2/c1-12-9-11-19-17(20-12)23-14-7-5-13(6-8-14)21-16(22)15-4-2-3-10-18-15/h5-9,11,15,18H,2-4,10H2,1H3,(H,21,22). The van der Waals surface area contributed by atoms with Gasteiger partial charge in [-0.3, -0.25) is 4.79 Å². The molecule has 120 valence electrons. The highest BCUT2D eigenvalue weighted by atomic mass is 16.5. The number of hydrogen-bond donors (Lipinski definition) is 2. The molecule has 2 aromatic rings. The third-order valence-electron chi connectivity index (χ3n) is 3.73. The summed E-state index contributed by atoms with van der Waals surface area (Å²) < 4.78 is 5.59. The third-order valence-corrected chi connectivity index (χ3v) is 3.73. The second-order valence-corrected chi connectivity index (χ2v) is 5.60. The van der Waals surface area contributed by atoms with Crippen LogP contribution in [0.15, 0.2) is 36.5 Å². The summed E-state index contributed by atoms with van der Waals surface area (Å²) in [7, 11) is 0. The minimum Gasteiger partial charge on any atom is -0.424 e. The van der Waals surface area contributed by atoms with Crippen LogP contribution in [0.4, 0.5) is 5.69 Å². The van der Waals surface area contributed by atoms with Crippen molar-refractivity contribution >= 4 is 11.6 Å². The average molecular weight is 312 g/mol. The van der Waals surface area contributed by atoms with E-state index in [2.05, 4.69) is 20.6 Å². The first-order valence-corrected chi connectivity index (χ1v) is 7.82. The number of nitrogens with zero attached hydrogens (tertiary/aromatic N) is 2. The molecule has 6 nitrogen and oxygen atoms in total. The van der Waals surface area contributed by atoms with Crippen molar-refractivity contribution in [3.05, 3.63) is 42.2 Å². The lowest BCUT2D eigenvalue weighted by Crippen LogP contribution is -2.43. The summed E-state index contributed by atoms with van der Waals surface area (Å²) in [6, 6.07) is 9.22. The predicted molar refractivity (Wildman–Crippen MR) is 87.6 cm³/mol. The molecular weight excluding hydrogens is 292 g/mol. The van der Waals surface area contributed by atoms with Gasteiger partial charge in [-0.15, -0.1) is 0 Å². The quantitative estimate of drug-likeness (QED) is 0.907. The number of aryl methyl sites for hydroxylation is 1.